The third-order valence-electron chi connectivity index (χ3n) is 0.888. The number of carbonyl (C=O) groups excluding carboxylic acids is 1. The maximum absolute atomic E-state index is 10.5. The zero-order valence-corrected chi connectivity index (χ0v) is 5.47. The lowest BCUT2D eigenvalue weighted by atomic mass is 10.3. The van der Waals surface area contributed by atoms with Gasteiger partial charge in [0, 0.05) is 6.21 Å². The van der Waals surface area contributed by atoms with Crippen LogP contribution in [0.3, 0.4) is 0 Å². The maximum Gasteiger partial charge on any atom is 0.339 e. The summed E-state index contributed by atoms with van der Waals surface area (Å²) in [6.45, 7) is 1.68. The molecule has 3 heteroatoms. The van der Waals surface area contributed by atoms with Gasteiger partial charge in [-0.2, -0.15) is 0 Å². The van der Waals surface area contributed by atoms with E-state index in [0.29, 0.717) is 0 Å². The number of methoxy groups -OCH3 is 1. The van der Waals surface area contributed by atoms with E-state index in [-0.39, 0.29) is 5.57 Å². The number of rotatable bonds is 2. The Morgan fingerprint density at radius 3 is 2.33 bits per heavy atom. The number of hydrogen-bond acceptors (Lipinski definition) is 3. The predicted octanol–water partition coefficient (Wildman–Crippen LogP) is 0.755. The van der Waals surface area contributed by atoms with Crippen LogP contribution in [0.15, 0.2) is 11.6 Å². The van der Waals surface area contributed by atoms with Crippen molar-refractivity contribution in [2.45, 2.75) is 6.92 Å². The second kappa shape index (κ2) is 3.83. The fraction of sp³-hybridized carbons (Fsp3) is 0.333. The number of esters is 1. The molecule has 0 saturated heterocycles. The van der Waals surface area contributed by atoms with Crippen LogP contribution in [0.1, 0.15) is 6.92 Å². The minimum atomic E-state index is -0.465. The van der Waals surface area contributed by atoms with Crippen molar-refractivity contribution in [3.05, 3.63) is 11.6 Å². The monoisotopic (exact) mass is 127 g/mol. The quantitative estimate of drug-likeness (QED) is 0.338. The minimum Gasteiger partial charge on any atom is -0.465 e. The first-order chi connectivity index (χ1) is 4.26. The molecule has 1 N–H and O–H groups in total. The molecular formula is C6H9NO2. The van der Waals surface area contributed by atoms with Gasteiger partial charge in [-0.3, -0.25) is 0 Å². The van der Waals surface area contributed by atoms with Crippen LogP contribution in [0.2, 0.25) is 0 Å². The Morgan fingerprint density at radius 1 is 1.67 bits per heavy atom. The van der Waals surface area contributed by atoms with Crippen LogP contribution in [0.5, 0.6) is 0 Å². The highest BCUT2D eigenvalue weighted by Crippen LogP contribution is 1.90. The largest absolute Gasteiger partial charge is 0.465 e. The molecule has 0 heterocycles. The molecule has 0 atom stereocenters. The summed E-state index contributed by atoms with van der Waals surface area (Å²) < 4.78 is 4.34. The second-order valence-electron chi connectivity index (χ2n) is 1.38. The SMILES string of the molecule is C/C=C(/C=N)C(=O)OC. The Bertz CT molecular complexity index is 149. The lowest BCUT2D eigenvalue weighted by Gasteiger charge is -1.94. The van der Waals surface area contributed by atoms with E-state index in [9.17, 15) is 4.79 Å². The Balaban J connectivity index is 4.14. The summed E-state index contributed by atoms with van der Waals surface area (Å²) in [4.78, 5) is 10.5. The summed E-state index contributed by atoms with van der Waals surface area (Å²) in [5.74, 6) is -0.465. The smallest absolute Gasteiger partial charge is 0.339 e. The van der Waals surface area contributed by atoms with Crippen molar-refractivity contribution in [3.63, 3.8) is 0 Å². The van der Waals surface area contributed by atoms with E-state index in [0.717, 1.165) is 6.21 Å². The van der Waals surface area contributed by atoms with Crippen LogP contribution in [0.4, 0.5) is 0 Å². The van der Waals surface area contributed by atoms with Crippen molar-refractivity contribution >= 4 is 12.2 Å². The molecule has 9 heavy (non-hydrogen) atoms. The minimum absolute atomic E-state index is 0.275. The van der Waals surface area contributed by atoms with Crippen LogP contribution in [0, 0.1) is 5.41 Å². The summed E-state index contributed by atoms with van der Waals surface area (Å²) in [6.07, 6.45) is 2.49. The zero-order chi connectivity index (χ0) is 7.28. The summed E-state index contributed by atoms with van der Waals surface area (Å²) in [5.41, 5.74) is 0.275. The predicted molar refractivity (Wildman–Crippen MR) is 34.6 cm³/mol. The molecule has 0 unspecified atom stereocenters. The topological polar surface area (TPSA) is 50.2 Å². The van der Waals surface area contributed by atoms with Crippen LogP contribution in [-0.2, 0) is 9.53 Å². The number of ether oxygens (including phenoxy) is 1. The molecule has 0 aliphatic carbocycles. The average Bonchev–Trinajstić information content (AvgIpc) is 1.90. The van der Waals surface area contributed by atoms with Crippen molar-refractivity contribution in [2.75, 3.05) is 7.11 Å². The van der Waals surface area contributed by atoms with E-state index in [1.807, 2.05) is 0 Å². The van der Waals surface area contributed by atoms with E-state index in [2.05, 4.69) is 4.74 Å². The van der Waals surface area contributed by atoms with E-state index in [1.54, 1.807) is 6.92 Å². The molecule has 0 amide bonds. The molecule has 0 aromatic rings. The fourth-order valence-electron chi connectivity index (χ4n) is 0.378. The summed E-state index contributed by atoms with van der Waals surface area (Å²) in [7, 11) is 1.29. The maximum atomic E-state index is 10.5. The van der Waals surface area contributed by atoms with Crippen molar-refractivity contribution in [1.29, 1.82) is 5.41 Å². The number of nitrogens with one attached hydrogen (secondary N) is 1. The van der Waals surface area contributed by atoms with Crippen molar-refractivity contribution < 1.29 is 9.53 Å². The van der Waals surface area contributed by atoms with Crippen LogP contribution >= 0.6 is 0 Å². The molecule has 3 nitrogen and oxygen atoms in total. The molecule has 0 saturated carbocycles. The molecule has 50 valence electrons. The van der Waals surface area contributed by atoms with E-state index in [4.69, 9.17) is 5.41 Å². The number of allylic oxidation sites excluding steroid dienone is 1. The van der Waals surface area contributed by atoms with Crippen LogP contribution in [0.25, 0.3) is 0 Å². The first-order valence-corrected chi connectivity index (χ1v) is 2.51. The molecule has 0 bridgehead atoms. The highest BCUT2D eigenvalue weighted by molar-refractivity contribution is 6.08. The number of carbonyl (C=O) groups is 1. The third kappa shape index (κ3) is 2.08. The molecular weight excluding hydrogens is 118 g/mol. The van der Waals surface area contributed by atoms with Gasteiger partial charge in [-0.1, -0.05) is 6.08 Å². The molecule has 0 rings (SSSR count). The Labute approximate surface area is 53.8 Å². The molecule has 0 aromatic heterocycles. The summed E-state index contributed by atoms with van der Waals surface area (Å²) >= 11 is 0. The van der Waals surface area contributed by atoms with Gasteiger partial charge in [0.2, 0.25) is 0 Å². The van der Waals surface area contributed by atoms with Gasteiger partial charge in [-0.15, -0.1) is 0 Å². The van der Waals surface area contributed by atoms with E-state index >= 15 is 0 Å². The van der Waals surface area contributed by atoms with Gasteiger partial charge in [-0.25, -0.2) is 4.79 Å². The molecule has 0 aromatic carbocycles. The van der Waals surface area contributed by atoms with Gasteiger partial charge >= 0.3 is 5.97 Å². The van der Waals surface area contributed by atoms with E-state index in [1.165, 1.54) is 13.2 Å². The molecule has 0 radical (unpaired) electrons. The lowest BCUT2D eigenvalue weighted by Crippen LogP contribution is -2.04. The van der Waals surface area contributed by atoms with Gasteiger partial charge < -0.3 is 10.1 Å². The van der Waals surface area contributed by atoms with Gasteiger partial charge in [0.05, 0.1) is 12.7 Å². The fourth-order valence-corrected chi connectivity index (χ4v) is 0.378. The van der Waals surface area contributed by atoms with E-state index < -0.39 is 5.97 Å². The molecule has 0 aliphatic rings. The molecule has 0 fully saturated rings. The Kier molecular flexibility index (Phi) is 3.35. The summed E-state index contributed by atoms with van der Waals surface area (Å²) in [5, 5.41) is 6.70. The summed E-state index contributed by atoms with van der Waals surface area (Å²) in [6, 6.07) is 0. The highest BCUT2D eigenvalue weighted by Gasteiger charge is 2.02. The van der Waals surface area contributed by atoms with Gasteiger partial charge in [-0.05, 0) is 6.92 Å². The highest BCUT2D eigenvalue weighted by atomic mass is 16.5. The zero-order valence-electron chi connectivity index (χ0n) is 5.47. The van der Waals surface area contributed by atoms with Crippen molar-refractivity contribution in [1.82, 2.24) is 0 Å². The van der Waals surface area contributed by atoms with Crippen molar-refractivity contribution in [3.8, 4) is 0 Å². The average molecular weight is 127 g/mol. The molecule has 0 aliphatic heterocycles. The van der Waals surface area contributed by atoms with Gasteiger partial charge in [0.1, 0.15) is 0 Å². The lowest BCUT2D eigenvalue weighted by molar-refractivity contribution is -0.135. The standard InChI is InChI=1S/C6H9NO2/c1-3-5(4-7)6(8)9-2/h3-4,7H,1-2H3/b5-3-,7-4?. The Hall–Kier alpha value is -1.12. The molecule has 0 spiro atoms. The first-order valence-electron chi connectivity index (χ1n) is 2.51. The van der Waals surface area contributed by atoms with Gasteiger partial charge in [0.15, 0.2) is 0 Å². The van der Waals surface area contributed by atoms with Crippen LogP contribution < -0.4 is 0 Å². The Morgan fingerprint density at radius 2 is 2.22 bits per heavy atom. The first kappa shape index (κ1) is 7.88. The second-order valence-corrected chi connectivity index (χ2v) is 1.38. The van der Waals surface area contributed by atoms with Gasteiger partial charge in [0.25, 0.3) is 0 Å². The number of hydrogen-bond donors (Lipinski definition) is 1. The van der Waals surface area contributed by atoms with Crippen molar-refractivity contribution in [2.24, 2.45) is 0 Å². The van der Waals surface area contributed by atoms with Crippen LogP contribution in [-0.4, -0.2) is 19.3 Å². The normalized spacial score (nSPS) is 10.7. The third-order valence-corrected chi connectivity index (χ3v) is 0.888.